The van der Waals surface area contributed by atoms with E-state index in [0.29, 0.717) is 0 Å². The highest BCUT2D eigenvalue weighted by Crippen LogP contribution is 2.20. The van der Waals surface area contributed by atoms with Crippen LogP contribution in [0.1, 0.15) is 33.3 Å². The average molecular weight is 176 g/mol. The highest BCUT2D eigenvalue weighted by atomic mass is 14.6. The molecule has 0 aliphatic heterocycles. The SMILES string of the molecule is CC#N.CC(C)(C)c1ccncc1. The molecule has 1 heterocycles. The molecule has 0 unspecified atom stereocenters. The molecule has 0 spiro atoms. The fraction of sp³-hybridized carbons (Fsp3) is 0.455. The van der Waals surface area contributed by atoms with Gasteiger partial charge in [0, 0.05) is 19.3 Å². The number of aromatic nitrogens is 1. The van der Waals surface area contributed by atoms with Crippen molar-refractivity contribution in [2.24, 2.45) is 0 Å². The molecule has 0 N–H and O–H groups in total. The summed E-state index contributed by atoms with van der Waals surface area (Å²) in [7, 11) is 0. The zero-order chi connectivity index (χ0) is 10.3. The van der Waals surface area contributed by atoms with Crippen molar-refractivity contribution in [2.45, 2.75) is 33.1 Å². The van der Waals surface area contributed by atoms with Crippen LogP contribution in [0, 0.1) is 11.3 Å². The molecule has 0 aliphatic rings. The first-order valence-corrected chi connectivity index (χ1v) is 4.23. The first kappa shape index (κ1) is 11.6. The molecule has 0 saturated carbocycles. The molecule has 2 nitrogen and oxygen atoms in total. The van der Waals surface area contributed by atoms with E-state index in [4.69, 9.17) is 5.26 Å². The molecule has 0 bridgehead atoms. The monoisotopic (exact) mass is 176 g/mol. The Bertz CT molecular complexity index is 264. The second kappa shape index (κ2) is 5.31. The lowest BCUT2D eigenvalue weighted by Gasteiger charge is -2.17. The Labute approximate surface area is 80.2 Å². The summed E-state index contributed by atoms with van der Waals surface area (Å²) >= 11 is 0. The maximum Gasteiger partial charge on any atom is 0.0587 e. The largest absolute Gasteiger partial charge is 0.265 e. The molecule has 1 rings (SSSR count). The van der Waals surface area contributed by atoms with Crippen molar-refractivity contribution in [2.75, 3.05) is 0 Å². The van der Waals surface area contributed by atoms with Crippen LogP contribution in [-0.2, 0) is 5.41 Å². The summed E-state index contributed by atoms with van der Waals surface area (Å²) in [6.07, 6.45) is 3.67. The van der Waals surface area contributed by atoms with Crippen molar-refractivity contribution in [1.29, 1.82) is 5.26 Å². The lowest BCUT2D eigenvalue weighted by atomic mass is 9.88. The van der Waals surface area contributed by atoms with E-state index in [-0.39, 0.29) is 5.41 Å². The van der Waals surface area contributed by atoms with Crippen molar-refractivity contribution in [3.05, 3.63) is 30.1 Å². The number of hydrogen-bond acceptors (Lipinski definition) is 2. The maximum absolute atomic E-state index is 7.32. The number of hydrogen-bond donors (Lipinski definition) is 0. The Kier molecular flexibility index (Phi) is 4.76. The van der Waals surface area contributed by atoms with Crippen LogP contribution in [0.15, 0.2) is 24.5 Å². The molecular weight excluding hydrogens is 160 g/mol. The van der Waals surface area contributed by atoms with E-state index in [1.54, 1.807) is 6.07 Å². The van der Waals surface area contributed by atoms with Gasteiger partial charge in [0.05, 0.1) is 6.07 Å². The van der Waals surface area contributed by atoms with Gasteiger partial charge >= 0.3 is 0 Å². The Morgan fingerprint density at radius 1 is 1.23 bits per heavy atom. The van der Waals surface area contributed by atoms with E-state index in [1.165, 1.54) is 12.5 Å². The van der Waals surface area contributed by atoms with Crippen molar-refractivity contribution in [1.82, 2.24) is 4.98 Å². The van der Waals surface area contributed by atoms with Gasteiger partial charge in [0.2, 0.25) is 0 Å². The minimum atomic E-state index is 0.253. The topological polar surface area (TPSA) is 36.7 Å². The lowest BCUT2D eigenvalue weighted by Crippen LogP contribution is -2.10. The minimum Gasteiger partial charge on any atom is -0.265 e. The Balaban J connectivity index is 0.000000424. The minimum absolute atomic E-state index is 0.253. The smallest absolute Gasteiger partial charge is 0.0587 e. The molecule has 13 heavy (non-hydrogen) atoms. The third-order valence-electron chi connectivity index (χ3n) is 1.55. The van der Waals surface area contributed by atoms with Crippen LogP contribution in [0.2, 0.25) is 0 Å². The van der Waals surface area contributed by atoms with E-state index in [0.717, 1.165) is 0 Å². The number of rotatable bonds is 0. The molecule has 0 aliphatic carbocycles. The molecule has 0 fully saturated rings. The number of pyridine rings is 1. The predicted molar refractivity (Wildman–Crippen MR) is 54.2 cm³/mol. The lowest BCUT2D eigenvalue weighted by molar-refractivity contribution is 0.589. The summed E-state index contributed by atoms with van der Waals surface area (Å²) < 4.78 is 0. The number of nitriles is 1. The zero-order valence-corrected chi connectivity index (χ0v) is 8.70. The highest BCUT2D eigenvalue weighted by Gasteiger charge is 2.11. The van der Waals surface area contributed by atoms with Crippen molar-refractivity contribution < 1.29 is 0 Å². The first-order valence-electron chi connectivity index (χ1n) is 4.23. The van der Waals surface area contributed by atoms with Crippen molar-refractivity contribution in [3.8, 4) is 6.07 Å². The van der Waals surface area contributed by atoms with Gasteiger partial charge in [-0.15, -0.1) is 0 Å². The average Bonchev–Trinajstić information content (AvgIpc) is 2.06. The van der Waals surface area contributed by atoms with Crippen LogP contribution < -0.4 is 0 Å². The summed E-state index contributed by atoms with van der Waals surface area (Å²) in [6.45, 7) is 8.02. The van der Waals surface area contributed by atoms with Gasteiger partial charge in [0.1, 0.15) is 0 Å². The van der Waals surface area contributed by atoms with E-state index < -0.39 is 0 Å². The van der Waals surface area contributed by atoms with Gasteiger partial charge in [-0.2, -0.15) is 5.26 Å². The zero-order valence-electron chi connectivity index (χ0n) is 8.70. The van der Waals surface area contributed by atoms with Gasteiger partial charge in [0.25, 0.3) is 0 Å². The van der Waals surface area contributed by atoms with E-state index >= 15 is 0 Å². The normalized spacial score (nSPS) is 9.46. The highest BCUT2D eigenvalue weighted by molar-refractivity contribution is 5.18. The molecule has 0 radical (unpaired) electrons. The van der Waals surface area contributed by atoms with Gasteiger partial charge < -0.3 is 0 Å². The van der Waals surface area contributed by atoms with Crippen LogP contribution in [0.5, 0.6) is 0 Å². The second-order valence-electron chi connectivity index (χ2n) is 3.71. The van der Waals surface area contributed by atoms with E-state index in [1.807, 2.05) is 12.4 Å². The molecule has 0 saturated heterocycles. The van der Waals surface area contributed by atoms with E-state index in [2.05, 4.69) is 37.9 Å². The quantitative estimate of drug-likeness (QED) is 0.609. The summed E-state index contributed by atoms with van der Waals surface area (Å²) in [5.74, 6) is 0. The molecule has 1 aromatic heterocycles. The predicted octanol–water partition coefficient (Wildman–Crippen LogP) is 2.91. The van der Waals surface area contributed by atoms with Crippen LogP contribution >= 0.6 is 0 Å². The first-order chi connectivity index (χ1) is 6.02. The van der Waals surface area contributed by atoms with Crippen LogP contribution in [0.25, 0.3) is 0 Å². The summed E-state index contributed by atoms with van der Waals surface area (Å²) in [5, 5.41) is 7.32. The molecule has 0 aromatic carbocycles. The van der Waals surface area contributed by atoms with Crippen LogP contribution in [0.3, 0.4) is 0 Å². The van der Waals surface area contributed by atoms with Crippen molar-refractivity contribution >= 4 is 0 Å². The van der Waals surface area contributed by atoms with Gasteiger partial charge in [-0.05, 0) is 23.1 Å². The Hall–Kier alpha value is -1.36. The molecule has 1 aromatic rings. The second-order valence-corrected chi connectivity index (χ2v) is 3.71. The maximum atomic E-state index is 7.32. The van der Waals surface area contributed by atoms with E-state index in [9.17, 15) is 0 Å². The fourth-order valence-corrected chi connectivity index (χ4v) is 0.852. The summed E-state index contributed by atoms with van der Waals surface area (Å²) in [5.41, 5.74) is 1.59. The van der Waals surface area contributed by atoms with Gasteiger partial charge in [-0.3, -0.25) is 4.98 Å². The van der Waals surface area contributed by atoms with Gasteiger partial charge in [-0.1, -0.05) is 20.8 Å². The van der Waals surface area contributed by atoms with Crippen molar-refractivity contribution in [3.63, 3.8) is 0 Å². The molecule has 2 heteroatoms. The molecular formula is C11H16N2. The Morgan fingerprint density at radius 3 is 1.85 bits per heavy atom. The third kappa shape index (κ3) is 4.97. The summed E-state index contributed by atoms with van der Waals surface area (Å²) in [4.78, 5) is 3.96. The Morgan fingerprint density at radius 2 is 1.62 bits per heavy atom. The van der Waals surface area contributed by atoms with Crippen LogP contribution in [0.4, 0.5) is 0 Å². The van der Waals surface area contributed by atoms with Gasteiger partial charge in [-0.25, -0.2) is 0 Å². The van der Waals surface area contributed by atoms with Gasteiger partial charge in [0.15, 0.2) is 0 Å². The molecule has 0 atom stereocenters. The van der Waals surface area contributed by atoms with Crippen LogP contribution in [-0.4, -0.2) is 4.98 Å². The summed E-state index contributed by atoms with van der Waals surface area (Å²) in [6, 6.07) is 5.86. The third-order valence-corrected chi connectivity index (χ3v) is 1.55. The fourth-order valence-electron chi connectivity index (χ4n) is 0.852. The number of nitrogens with zero attached hydrogens (tertiary/aromatic N) is 2. The molecule has 0 amide bonds. The molecule has 70 valence electrons. The standard InChI is InChI=1S/C9H13N.C2H3N/c1-9(2,3)8-4-6-10-7-5-8;1-2-3/h4-7H,1-3H3;1H3.